The van der Waals surface area contributed by atoms with Crippen LogP contribution in [0.3, 0.4) is 0 Å². The zero-order valence-electron chi connectivity index (χ0n) is 34.0. The van der Waals surface area contributed by atoms with Gasteiger partial charge in [-0.2, -0.15) is 16.8 Å². The van der Waals surface area contributed by atoms with Crippen LogP contribution in [0.4, 0.5) is 22.7 Å². The highest BCUT2D eigenvalue weighted by Crippen LogP contribution is 2.39. The van der Waals surface area contributed by atoms with Gasteiger partial charge >= 0.3 is 0 Å². The van der Waals surface area contributed by atoms with E-state index in [0.29, 0.717) is 32.8 Å². The lowest BCUT2D eigenvalue weighted by Gasteiger charge is -2.28. The smallest absolute Gasteiger partial charge is 0.294 e. The van der Waals surface area contributed by atoms with Gasteiger partial charge in [-0.1, -0.05) is 48.5 Å². The van der Waals surface area contributed by atoms with Crippen molar-refractivity contribution < 1.29 is 30.7 Å². The highest BCUT2D eigenvalue weighted by atomic mass is 32.2. The van der Waals surface area contributed by atoms with Gasteiger partial charge in [-0.25, -0.2) is 0 Å². The normalized spacial score (nSPS) is 11.7. The van der Waals surface area contributed by atoms with Crippen LogP contribution in [-0.2, 0) is 33.3 Å². The molecule has 10 nitrogen and oxygen atoms in total. The molecule has 308 valence electrons. The molecule has 0 bridgehead atoms. The van der Waals surface area contributed by atoms with Crippen molar-refractivity contribution in [1.29, 1.82) is 0 Å². The van der Waals surface area contributed by atoms with Crippen molar-refractivity contribution in [2.45, 2.75) is 63.4 Å². The molecule has 0 aliphatic carbocycles. The van der Waals surface area contributed by atoms with Gasteiger partial charge in [-0.05, 0) is 158 Å². The maximum absolute atomic E-state index is 11.8. The summed E-state index contributed by atoms with van der Waals surface area (Å²) >= 11 is 0. The van der Waals surface area contributed by atoms with E-state index in [1.807, 2.05) is 43.3 Å². The average molecular weight is 834 g/mol. The number of hydrogen-bond donors (Lipinski definition) is 3. The lowest BCUT2D eigenvalue weighted by molar-refractivity contribution is 0.340. The van der Waals surface area contributed by atoms with Crippen molar-refractivity contribution in [1.82, 2.24) is 0 Å². The number of anilines is 4. The maximum Gasteiger partial charge on any atom is 0.294 e. The molecule has 0 saturated heterocycles. The van der Waals surface area contributed by atoms with E-state index in [0.717, 1.165) is 67.4 Å². The van der Waals surface area contributed by atoms with Crippen LogP contribution in [0.25, 0.3) is 0 Å². The minimum Gasteiger partial charge on any atom is -0.494 e. The molecule has 59 heavy (non-hydrogen) atoms. The van der Waals surface area contributed by atoms with E-state index >= 15 is 0 Å². The first-order valence-electron chi connectivity index (χ1n) is 19.6. The number of ether oxygens (including phenoxy) is 1. The number of rotatable bonds is 17. The van der Waals surface area contributed by atoms with Gasteiger partial charge in [0, 0.05) is 54.8 Å². The maximum atomic E-state index is 11.8. The predicted octanol–water partition coefficient (Wildman–Crippen LogP) is 10.2. The minimum absolute atomic E-state index is 0.124. The number of nitrogens with one attached hydrogen (secondary N) is 1. The molecule has 0 spiro atoms. The summed E-state index contributed by atoms with van der Waals surface area (Å²) in [5, 5.41) is 3.50. The molecule has 0 saturated carbocycles. The van der Waals surface area contributed by atoms with Crippen LogP contribution < -0.4 is 19.9 Å². The van der Waals surface area contributed by atoms with E-state index in [1.54, 1.807) is 12.1 Å². The van der Waals surface area contributed by atoms with Gasteiger partial charge < -0.3 is 19.9 Å². The van der Waals surface area contributed by atoms with Gasteiger partial charge in [0.15, 0.2) is 0 Å². The third-order valence-electron chi connectivity index (χ3n) is 10.5. The summed E-state index contributed by atoms with van der Waals surface area (Å²) < 4.78 is 72.2. The first-order chi connectivity index (χ1) is 28.2. The van der Waals surface area contributed by atoms with Gasteiger partial charge in [0.05, 0.1) is 16.4 Å². The SMILES string of the molecule is CCOc1ccc(Nc2ccc(C(c3ccc(N(CC)Cc4cccc(S(=O)(=O)O)c4)cc3C)c3ccc(N(CC)Cc4cccc(S(=O)(=O)O)c4)cc3C)cc2)cc1. The molecule has 0 atom stereocenters. The second kappa shape index (κ2) is 18.5. The zero-order chi connectivity index (χ0) is 42.3. The molecular weight excluding hydrogens is 783 g/mol. The van der Waals surface area contributed by atoms with E-state index in [1.165, 1.54) is 24.3 Å². The molecule has 0 aliphatic heterocycles. The number of benzene rings is 6. The summed E-state index contributed by atoms with van der Waals surface area (Å²) in [5.74, 6) is 0.696. The Morgan fingerprint density at radius 2 is 1.02 bits per heavy atom. The summed E-state index contributed by atoms with van der Waals surface area (Å²) in [7, 11) is -8.64. The van der Waals surface area contributed by atoms with Crippen LogP contribution in [0.2, 0.25) is 0 Å². The topological polar surface area (TPSA) is 136 Å². The minimum atomic E-state index is -4.32. The van der Waals surface area contributed by atoms with E-state index in [4.69, 9.17) is 4.74 Å². The zero-order valence-corrected chi connectivity index (χ0v) is 35.6. The molecule has 0 heterocycles. The largest absolute Gasteiger partial charge is 0.494 e. The van der Waals surface area contributed by atoms with Gasteiger partial charge in [0.25, 0.3) is 20.2 Å². The third-order valence-corrected chi connectivity index (χ3v) is 12.2. The molecule has 0 aliphatic rings. The molecule has 0 fully saturated rings. The van der Waals surface area contributed by atoms with E-state index < -0.39 is 20.2 Å². The van der Waals surface area contributed by atoms with Gasteiger partial charge in [-0.3, -0.25) is 9.11 Å². The molecule has 0 aromatic heterocycles. The molecule has 12 heteroatoms. The van der Waals surface area contributed by atoms with Crippen LogP contribution in [0.5, 0.6) is 5.75 Å². The molecule has 0 amide bonds. The van der Waals surface area contributed by atoms with E-state index in [9.17, 15) is 25.9 Å². The molecule has 6 aromatic carbocycles. The Hall–Kier alpha value is -5.66. The van der Waals surface area contributed by atoms with Crippen molar-refractivity contribution in [3.63, 3.8) is 0 Å². The first-order valence-corrected chi connectivity index (χ1v) is 22.5. The monoisotopic (exact) mass is 833 g/mol. The van der Waals surface area contributed by atoms with Crippen molar-refractivity contribution in [3.05, 3.63) is 172 Å². The summed E-state index contributed by atoms with van der Waals surface area (Å²) in [6.07, 6.45) is 0. The summed E-state index contributed by atoms with van der Waals surface area (Å²) in [6, 6.07) is 42.0. The molecular formula is C47H51N3O7S2. The van der Waals surface area contributed by atoms with Crippen molar-refractivity contribution in [3.8, 4) is 5.75 Å². The molecule has 3 N–H and O–H groups in total. The fourth-order valence-corrected chi connectivity index (χ4v) is 8.54. The van der Waals surface area contributed by atoms with Crippen molar-refractivity contribution in [2.24, 2.45) is 0 Å². The first kappa shape index (κ1) is 42.9. The van der Waals surface area contributed by atoms with Crippen LogP contribution in [0.15, 0.2) is 143 Å². The van der Waals surface area contributed by atoms with Crippen LogP contribution in [0.1, 0.15) is 65.6 Å². The summed E-state index contributed by atoms with van der Waals surface area (Å²) in [4.78, 5) is 4.08. The van der Waals surface area contributed by atoms with Crippen LogP contribution in [0, 0.1) is 13.8 Å². The van der Waals surface area contributed by atoms with Gasteiger partial charge in [0.1, 0.15) is 5.75 Å². The Morgan fingerprint density at radius 3 is 1.41 bits per heavy atom. The Labute approximate surface area is 348 Å². The second-order valence-corrected chi connectivity index (χ2v) is 17.3. The Balaban J connectivity index is 1.34. The standard InChI is InChI=1S/C47H51N3O7S2/c1-6-49(31-35-11-9-13-43(29-35)58(51,52)53)40-21-25-45(33(4)27-40)47(37-15-17-38(18-16-37)48-39-19-23-42(24-20-39)57-8-3)46-26-22-41(28-34(46)5)50(7-2)32-36-12-10-14-44(30-36)59(54,55)56/h9-30,47-48H,6-8,31-32H2,1-5H3,(H,51,52,53)(H,54,55,56). The lowest BCUT2D eigenvalue weighted by Crippen LogP contribution is -2.23. The highest BCUT2D eigenvalue weighted by molar-refractivity contribution is 7.86. The number of nitrogens with zero attached hydrogens (tertiary/aromatic N) is 2. The fraction of sp³-hybridized carbons (Fsp3) is 0.234. The van der Waals surface area contributed by atoms with Crippen molar-refractivity contribution >= 4 is 43.0 Å². The second-order valence-electron chi connectivity index (χ2n) is 14.5. The average Bonchev–Trinajstić information content (AvgIpc) is 3.21. The molecule has 6 rings (SSSR count). The van der Waals surface area contributed by atoms with Crippen molar-refractivity contribution in [2.75, 3.05) is 34.8 Å². The quantitative estimate of drug-likeness (QED) is 0.0602. The molecule has 6 aromatic rings. The Morgan fingerprint density at radius 1 is 0.576 bits per heavy atom. The highest BCUT2D eigenvalue weighted by Gasteiger charge is 2.23. The van der Waals surface area contributed by atoms with E-state index in [-0.39, 0.29) is 15.7 Å². The predicted molar refractivity (Wildman–Crippen MR) is 237 cm³/mol. The van der Waals surface area contributed by atoms with Crippen LogP contribution >= 0.6 is 0 Å². The summed E-state index contributed by atoms with van der Waals surface area (Å²) in [6.45, 7) is 13.2. The Bertz CT molecular complexity index is 2480. The summed E-state index contributed by atoms with van der Waals surface area (Å²) in [5.41, 5.74) is 11.0. The third kappa shape index (κ3) is 10.7. The number of hydrogen-bond acceptors (Lipinski definition) is 8. The molecule has 0 radical (unpaired) electrons. The van der Waals surface area contributed by atoms with Gasteiger partial charge in [0.2, 0.25) is 0 Å². The van der Waals surface area contributed by atoms with Crippen LogP contribution in [-0.4, -0.2) is 45.6 Å². The lowest BCUT2D eigenvalue weighted by atomic mass is 9.81. The number of aryl methyl sites for hydroxylation is 2. The van der Waals surface area contributed by atoms with Gasteiger partial charge in [-0.15, -0.1) is 0 Å². The van der Waals surface area contributed by atoms with E-state index in [2.05, 4.69) is 103 Å². The Kier molecular flexibility index (Phi) is 13.5. The fourth-order valence-electron chi connectivity index (χ4n) is 7.44. The molecule has 0 unspecified atom stereocenters.